The van der Waals surface area contributed by atoms with Crippen LogP contribution in [0.5, 0.6) is 11.5 Å². The molecule has 6 nitrogen and oxygen atoms in total. The van der Waals surface area contributed by atoms with E-state index in [1.165, 1.54) is 0 Å². The molecular formula is C27H25N3O3. The lowest BCUT2D eigenvalue weighted by Crippen LogP contribution is -2.36. The zero-order valence-electron chi connectivity index (χ0n) is 18.4. The second-order valence-corrected chi connectivity index (χ2v) is 8.24. The largest absolute Gasteiger partial charge is 0.508 e. The Kier molecular flexibility index (Phi) is 5.57. The van der Waals surface area contributed by atoms with E-state index in [2.05, 4.69) is 17.4 Å². The van der Waals surface area contributed by atoms with Gasteiger partial charge in [-0.05, 0) is 53.1 Å². The molecule has 0 spiro atoms. The first kappa shape index (κ1) is 20.8. The number of hydrogen-bond acceptors (Lipinski definition) is 5. The number of fused-ring (bicyclic) bond motifs is 1. The molecule has 3 aromatic carbocycles. The third-order valence-corrected chi connectivity index (χ3v) is 6.01. The van der Waals surface area contributed by atoms with Crippen LogP contribution >= 0.6 is 0 Å². The number of aliphatic imine (C=N–C) groups is 1. The number of methoxy groups -OCH3 is 1. The van der Waals surface area contributed by atoms with Gasteiger partial charge in [0.05, 0.1) is 25.1 Å². The Labute approximate surface area is 192 Å². The molecule has 2 N–H and O–H groups in total. The van der Waals surface area contributed by atoms with Crippen molar-refractivity contribution in [3.8, 4) is 11.5 Å². The van der Waals surface area contributed by atoms with Crippen molar-refractivity contribution in [3.05, 3.63) is 107 Å². The Morgan fingerprint density at radius 2 is 1.73 bits per heavy atom. The van der Waals surface area contributed by atoms with Crippen molar-refractivity contribution in [1.82, 2.24) is 10.2 Å². The zero-order chi connectivity index (χ0) is 22.8. The van der Waals surface area contributed by atoms with Gasteiger partial charge in [0.1, 0.15) is 23.4 Å². The van der Waals surface area contributed by atoms with Crippen LogP contribution in [0.4, 0.5) is 0 Å². The smallest absolute Gasteiger partial charge is 0.251 e. The lowest BCUT2D eigenvalue weighted by molar-refractivity contribution is -0.127. The molecular weight excluding hydrogens is 414 g/mol. The highest BCUT2D eigenvalue weighted by Crippen LogP contribution is 2.28. The third kappa shape index (κ3) is 4.32. The minimum Gasteiger partial charge on any atom is -0.508 e. The lowest BCUT2D eigenvalue weighted by Gasteiger charge is -2.25. The van der Waals surface area contributed by atoms with Crippen LogP contribution in [0.1, 0.15) is 16.7 Å². The summed E-state index contributed by atoms with van der Waals surface area (Å²) in [6.07, 6.45) is 1.19. The Bertz CT molecular complexity index is 1220. The molecule has 166 valence electrons. The standard InChI is InChI=1S/C27H25N3O3/c1-33-22-13-7-19(8-14-22)16-24-27(32)30-17-25(20-9-11-21(31)12-10-20)28-23(26(30)29-24)15-18-5-3-2-4-6-18/h2-14,24,29,31H,15-17H2,1H3. The fraction of sp³-hybridized carbons (Fsp3) is 0.185. The van der Waals surface area contributed by atoms with Crippen molar-refractivity contribution in [1.29, 1.82) is 0 Å². The Morgan fingerprint density at radius 1 is 1.00 bits per heavy atom. The molecule has 0 saturated carbocycles. The average molecular weight is 440 g/mol. The van der Waals surface area contributed by atoms with Gasteiger partial charge in [-0.3, -0.25) is 14.7 Å². The van der Waals surface area contributed by atoms with Crippen molar-refractivity contribution in [2.75, 3.05) is 13.7 Å². The summed E-state index contributed by atoms with van der Waals surface area (Å²) in [5.41, 5.74) is 4.73. The summed E-state index contributed by atoms with van der Waals surface area (Å²) in [4.78, 5) is 20.2. The fourth-order valence-electron chi connectivity index (χ4n) is 4.26. The summed E-state index contributed by atoms with van der Waals surface area (Å²) in [6, 6.07) is 24.5. The van der Waals surface area contributed by atoms with Gasteiger partial charge >= 0.3 is 0 Å². The maximum Gasteiger partial charge on any atom is 0.251 e. The monoisotopic (exact) mass is 439 g/mol. The number of allylic oxidation sites excluding steroid dienone is 1. The Balaban J connectivity index is 1.46. The molecule has 1 unspecified atom stereocenters. The molecule has 1 saturated heterocycles. The van der Waals surface area contributed by atoms with Crippen molar-refractivity contribution < 1.29 is 14.6 Å². The van der Waals surface area contributed by atoms with Crippen LogP contribution < -0.4 is 10.1 Å². The van der Waals surface area contributed by atoms with Crippen LogP contribution in [0.2, 0.25) is 0 Å². The molecule has 33 heavy (non-hydrogen) atoms. The van der Waals surface area contributed by atoms with E-state index in [0.29, 0.717) is 19.4 Å². The van der Waals surface area contributed by atoms with Crippen molar-refractivity contribution in [3.63, 3.8) is 0 Å². The molecule has 1 fully saturated rings. The number of nitrogens with zero attached hydrogens (tertiary/aromatic N) is 2. The van der Waals surface area contributed by atoms with Crippen molar-refractivity contribution >= 4 is 11.6 Å². The number of carbonyl (C=O) groups excluding carboxylic acids is 1. The molecule has 2 aliphatic rings. The molecule has 2 aliphatic heterocycles. The van der Waals surface area contributed by atoms with Crippen molar-refractivity contribution in [2.24, 2.45) is 4.99 Å². The van der Waals surface area contributed by atoms with E-state index in [9.17, 15) is 9.90 Å². The maximum atomic E-state index is 13.4. The number of aromatic hydroxyl groups is 1. The first-order chi connectivity index (χ1) is 16.1. The molecule has 1 atom stereocenters. The second-order valence-electron chi connectivity index (χ2n) is 8.24. The molecule has 5 rings (SSSR count). The molecule has 0 aromatic heterocycles. The van der Waals surface area contributed by atoms with E-state index in [4.69, 9.17) is 9.73 Å². The normalized spacial score (nSPS) is 17.5. The highest BCUT2D eigenvalue weighted by Gasteiger charge is 2.39. The number of carbonyl (C=O) groups is 1. The van der Waals surface area contributed by atoms with Crippen LogP contribution in [0.15, 0.2) is 95.4 Å². The minimum atomic E-state index is -0.353. The highest BCUT2D eigenvalue weighted by molar-refractivity contribution is 6.06. The maximum absolute atomic E-state index is 13.4. The number of phenols is 1. The van der Waals surface area contributed by atoms with E-state index >= 15 is 0 Å². The van der Waals surface area contributed by atoms with Crippen LogP contribution in [0.25, 0.3) is 0 Å². The first-order valence-corrected chi connectivity index (χ1v) is 11.0. The topological polar surface area (TPSA) is 74.2 Å². The summed E-state index contributed by atoms with van der Waals surface area (Å²) in [6.45, 7) is 0.392. The Morgan fingerprint density at radius 3 is 2.42 bits per heavy atom. The zero-order valence-corrected chi connectivity index (χ0v) is 18.4. The van der Waals surface area contributed by atoms with Gasteiger partial charge in [0.25, 0.3) is 5.91 Å². The minimum absolute atomic E-state index is 0.0394. The molecule has 0 aliphatic carbocycles. The lowest BCUT2D eigenvalue weighted by atomic mass is 10.0. The summed E-state index contributed by atoms with van der Waals surface area (Å²) in [5.74, 6) is 1.82. The fourth-order valence-corrected chi connectivity index (χ4v) is 4.26. The van der Waals surface area contributed by atoms with E-state index < -0.39 is 0 Å². The predicted molar refractivity (Wildman–Crippen MR) is 127 cm³/mol. The molecule has 6 heteroatoms. The number of rotatable bonds is 6. The number of benzene rings is 3. The van der Waals surface area contributed by atoms with E-state index in [0.717, 1.165) is 39.7 Å². The second kappa shape index (κ2) is 8.82. The van der Waals surface area contributed by atoms with Gasteiger partial charge in [-0.25, -0.2) is 0 Å². The Hall–Kier alpha value is -4.06. The molecule has 0 radical (unpaired) electrons. The third-order valence-electron chi connectivity index (χ3n) is 6.01. The molecule has 3 aromatic rings. The quantitative estimate of drug-likeness (QED) is 0.615. The summed E-state index contributed by atoms with van der Waals surface area (Å²) >= 11 is 0. The summed E-state index contributed by atoms with van der Waals surface area (Å²) < 4.78 is 5.24. The van der Waals surface area contributed by atoms with Gasteiger partial charge in [0.15, 0.2) is 0 Å². The van der Waals surface area contributed by atoms with Crippen LogP contribution in [-0.4, -0.2) is 41.3 Å². The number of nitrogens with one attached hydrogen (secondary N) is 1. The van der Waals surface area contributed by atoms with E-state index in [1.54, 1.807) is 19.2 Å². The van der Waals surface area contributed by atoms with Gasteiger partial charge < -0.3 is 15.2 Å². The van der Waals surface area contributed by atoms with Gasteiger partial charge in [-0.1, -0.05) is 42.5 Å². The van der Waals surface area contributed by atoms with Gasteiger partial charge in [0.2, 0.25) is 0 Å². The molecule has 2 heterocycles. The first-order valence-electron chi connectivity index (χ1n) is 11.0. The van der Waals surface area contributed by atoms with E-state index in [-0.39, 0.29) is 17.7 Å². The van der Waals surface area contributed by atoms with Crippen molar-refractivity contribution in [2.45, 2.75) is 18.9 Å². The number of phenolic OH excluding ortho intramolecular Hbond substituents is 1. The highest BCUT2D eigenvalue weighted by atomic mass is 16.5. The van der Waals surface area contributed by atoms with Crippen LogP contribution in [0.3, 0.4) is 0 Å². The van der Waals surface area contributed by atoms with Crippen LogP contribution in [-0.2, 0) is 17.6 Å². The molecule has 0 bridgehead atoms. The van der Waals surface area contributed by atoms with Gasteiger partial charge in [-0.2, -0.15) is 0 Å². The number of ether oxygens (including phenoxy) is 1. The van der Waals surface area contributed by atoms with Gasteiger partial charge in [0, 0.05) is 12.8 Å². The SMILES string of the molecule is COc1ccc(CC2NC3=C(Cc4ccccc4)N=C(c4ccc(O)cc4)CN3C2=O)cc1. The number of amides is 1. The number of hydrogen-bond donors (Lipinski definition) is 2. The van der Waals surface area contributed by atoms with E-state index in [1.807, 2.05) is 59.5 Å². The van der Waals surface area contributed by atoms with Gasteiger partial charge in [-0.15, -0.1) is 0 Å². The average Bonchev–Trinajstić information content (AvgIpc) is 3.16. The summed E-state index contributed by atoms with van der Waals surface area (Å²) in [5, 5.41) is 13.1. The predicted octanol–water partition coefficient (Wildman–Crippen LogP) is 3.66. The van der Waals surface area contributed by atoms with Crippen LogP contribution in [0, 0.1) is 0 Å². The molecule has 1 amide bonds. The summed E-state index contributed by atoms with van der Waals surface area (Å²) in [7, 11) is 1.64.